The van der Waals surface area contributed by atoms with Crippen molar-refractivity contribution in [3.05, 3.63) is 60.1 Å². The van der Waals surface area contributed by atoms with Gasteiger partial charge in [-0.1, -0.05) is 6.92 Å². The number of aromatic nitrogens is 6. The number of likely N-dealkylation sites (tertiary alicyclic amines) is 1. The van der Waals surface area contributed by atoms with Gasteiger partial charge < -0.3 is 9.30 Å². The lowest BCUT2D eigenvalue weighted by Gasteiger charge is -2.37. The zero-order chi connectivity index (χ0) is 19.3. The van der Waals surface area contributed by atoms with E-state index < -0.39 is 0 Å². The van der Waals surface area contributed by atoms with Crippen molar-refractivity contribution in [2.45, 2.75) is 26.2 Å². The van der Waals surface area contributed by atoms with Gasteiger partial charge >= 0.3 is 0 Å². The molecular formula is C20H21N7O. The molecule has 4 aromatic heterocycles. The molecule has 5 rings (SSSR count). The predicted octanol–water partition coefficient (Wildman–Crippen LogP) is 2.35. The van der Waals surface area contributed by atoms with Gasteiger partial charge in [0.05, 0.1) is 11.3 Å². The van der Waals surface area contributed by atoms with Crippen LogP contribution in [0.2, 0.25) is 0 Å². The van der Waals surface area contributed by atoms with E-state index in [9.17, 15) is 4.79 Å². The van der Waals surface area contributed by atoms with Crippen LogP contribution in [0, 0.1) is 12.8 Å². The summed E-state index contributed by atoms with van der Waals surface area (Å²) in [5.41, 5.74) is 3.49. The number of hydrogen-bond acceptors (Lipinski definition) is 5. The van der Waals surface area contributed by atoms with E-state index >= 15 is 0 Å². The van der Waals surface area contributed by atoms with Crippen LogP contribution < -0.4 is 0 Å². The molecule has 5 heterocycles. The molecule has 1 aliphatic heterocycles. The molecule has 1 amide bonds. The molecule has 1 saturated heterocycles. The summed E-state index contributed by atoms with van der Waals surface area (Å²) < 4.78 is 3.68. The van der Waals surface area contributed by atoms with Crippen LogP contribution >= 0.6 is 0 Å². The molecule has 0 radical (unpaired) electrons. The van der Waals surface area contributed by atoms with E-state index in [1.54, 1.807) is 10.7 Å². The molecular weight excluding hydrogens is 354 g/mol. The van der Waals surface area contributed by atoms with Crippen molar-refractivity contribution in [2.75, 3.05) is 13.1 Å². The van der Waals surface area contributed by atoms with Crippen LogP contribution in [0.4, 0.5) is 0 Å². The Hall–Kier alpha value is -3.29. The highest BCUT2D eigenvalue weighted by Crippen LogP contribution is 2.33. The molecule has 1 unspecified atom stereocenters. The van der Waals surface area contributed by atoms with Crippen LogP contribution in [-0.4, -0.2) is 52.9 Å². The predicted molar refractivity (Wildman–Crippen MR) is 103 cm³/mol. The first-order chi connectivity index (χ1) is 13.6. The number of piperidine rings is 1. The molecule has 8 nitrogen and oxygen atoms in total. The van der Waals surface area contributed by atoms with Gasteiger partial charge in [-0.25, -0.2) is 14.5 Å². The number of imidazole rings is 1. The fraction of sp³-hybridized carbons (Fsp3) is 0.350. The summed E-state index contributed by atoms with van der Waals surface area (Å²) in [4.78, 5) is 28.0. The summed E-state index contributed by atoms with van der Waals surface area (Å²) in [6, 6.07) is 5.79. The number of carbonyl (C=O) groups excluding carboxylic acids is 1. The summed E-state index contributed by atoms with van der Waals surface area (Å²) in [5.74, 6) is 1.28. The van der Waals surface area contributed by atoms with Crippen molar-refractivity contribution in [2.24, 2.45) is 5.92 Å². The molecule has 0 saturated carbocycles. The standard InChI is InChI=1S/C20H21N7O/c1-13-5-7-26(19(28)15-3-4-18-21-6-8-25(18)10-15)11-16(13)17-9-14(2)24-20-22-12-23-27(17)20/h3-4,6,8-10,12-13,16H,5,7,11H2,1-2H3/t13?,16-/m0/s1. The van der Waals surface area contributed by atoms with Gasteiger partial charge in [0.2, 0.25) is 0 Å². The van der Waals surface area contributed by atoms with Crippen molar-refractivity contribution in [3.63, 3.8) is 0 Å². The van der Waals surface area contributed by atoms with Gasteiger partial charge in [-0.3, -0.25) is 4.79 Å². The van der Waals surface area contributed by atoms with Gasteiger partial charge in [0, 0.05) is 43.3 Å². The summed E-state index contributed by atoms with van der Waals surface area (Å²) in [7, 11) is 0. The van der Waals surface area contributed by atoms with E-state index in [0.29, 0.717) is 23.8 Å². The Morgan fingerprint density at radius 1 is 1.25 bits per heavy atom. The Morgan fingerprint density at radius 2 is 2.14 bits per heavy atom. The van der Waals surface area contributed by atoms with Crippen molar-refractivity contribution >= 4 is 17.3 Å². The van der Waals surface area contributed by atoms with Crippen LogP contribution in [0.5, 0.6) is 0 Å². The van der Waals surface area contributed by atoms with Crippen molar-refractivity contribution in [1.29, 1.82) is 0 Å². The number of carbonyl (C=O) groups is 1. The zero-order valence-corrected chi connectivity index (χ0v) is 15.9. The van der Waals surface area contributed by atoms with Crippen LogP contribution in [0.25, 0.3) is 11.4 Å². The summed E-state index contributed by atoms with van der Waals surface area (Å²) in [6.07, 6.45) is 7.92. The molecule has 1 aliphatic rings. The first-order valence-corrected chi connectivity index (χ1v) is 9.49. The molecule has 1 fully saturated rings. The average Bonchev–Trinajstić information content (AvgIpc) is 3.35. The maximum absolute atomic E-state index is 13.2. The largest absolute Gasteiger partial charge is 0.338 e. The molecule has 4 aromatic rings. The molecule has 0 N–H and O–H groups in total. The molecule has 2 atom stereocenters. The van der Waals surface area contributed by atoms with Crippen molar-refractivity contribution < 1.29 is 4.79 Å². The Labute approximate surface area is 161 Å². The number of nitrogens with zero attached hydrogens (tertiary/aromatic N) is 7. The molecule has 8 heteroatoms. The number of hydrogen-bond donors (Lipinski definition) is 0. The minimum Gasteiger partial charge on any atom is -0.338 e. The lowest BCUT2D eigenvalue weighted by atomic mass is 9.84. The van der Waals surface area contributed by atoms with Crippen molar-refractivity contribution in [3.8, 4) is 0 Å². The highest BCUT2D eigenvalue weighted by atomic mass is 16.2. The van der Waals surface area contributed by atoms with E-state index in [-0.39, 0.29) is 11.8 Å². The van der Waals surface area contributed by atoms with Crippen LogP contribution in [-0.2, 0) is 0 Å². The van der Waals surface area contributed by atoms with Gasteiger partial charge in [-0.15, -0.1) is 0 Å². The highest BCUT2D eigenvalue weighted by Gasteiger charge is 2.32. The SMILES string of the molecule is Cc1cc([C@H]2CN(C(=O)c3ccc4nccn4c3)CCC2C)n2ncnc2n1. The second kappa shape index (κ2) is 6.40. The molecule has 0 bridgehead atoms. The number of amides is 1. The first-order valence-electron chi connectivity index (χ1n) is 9.49. The maximum atomic E-state index is 13.2. The normalized spacial score (nSPS) is 20.1. The quantitative estimate of drug-likeness (QED) is 0.537. The van der Waals surface area contributed by atoms with E-state index in [4.69, 9.17) is 0 Å². The third-order valence-electron chi connectivity index (χ3n) is 5.67. The third-order valence-corrected chi connectivity index (χ3v) is 5.67. The van der Waals surface area contributed by atoms with Crippen LogP contribution in [0.3, 0.4) is 0 Å². The molecule has 142 valence electrons. The Bertz CT molecular complexity index is 1180. The fourth-order valence-corrected chi connectivity index (χ4v) is 4.09. The topological polar surface area (TPSA) is 80.7 Å². The summed E-state index contributed by atoms with van der Waals surface area (Å²) in [6.45, 7) is 5.61. The van der Waals surface area contributed by atoms with Gasteiger partial charge in [-0.05, 0) is 37.5 Å². The van der Waals surface area contributed by atoms with E-state index in [1.807, 2.05) is 40.8 Å². The lowest BCUT2D eigenvalue weighted by molar-refractivity contribution is 0.0665. The first kappa shape index (κ1) is 16.9. The highest BCUT2D eigenvalue weighted by molar-refractivity contribution is 5.94. The minimum absolute atomic E-state index is 0.0492. The van der Waals surface area contributed by atoms with E-state index in [0.717, 1.165) is 30.0 Å². The monoisotopic (exact) mass is 375 g/mol. The van der Waals surface area contributed by atoms with Gasteiger partial charge in [0.25, 0.3) is 11.7 Å². The van der Waals surface area contributed by atoms with Crippen LogP contribution in [0.1, 0.15) is 41.0 Å². The fourth-order valence-electron chi connectivity index (χ4n) is 4.09. The third kappa shape index (κ3) is 2.72. The number of rotatable bonds is 2. The summed E-state index contributed by atoms with van der Waals surface area (Å²) >= 11 is 0. The number of pyridine rings is 1. The van der Waals surface area contributed by atoms with Gasteiger partial charge in [-0.2, -0.15) is 10.1 Å². The van der Waals surface area contributed by atoms with Gasteiger partial charge in [0.15, 0.2) is 0 Å². The number of aryl methyl sites for hydroxylation is 1. The maximum Gasteiger partial charge on any atom is 0.255 e. The minimum atomic E-state index is 0.0492. The second-order valence-electron chi connectivity index (χ2n) is 7.53. The zero-order valence-electron chi connectivity index (χ0n) is 15.9. The van der Waals surface area contributed by atoms with Gasteiger partial charge in [0.1, 0.15) is 12.0 Å². The van der Waals surface area contributed by atoms with Crippen LogP contribution in [0.15, 0.2) is 43.1 Å². The number of fused-ring (bicyclic) bond motifs is 2. The smallest absolute Gasteiger partial charge is 0.255 e. The molecule has 0 spiro atoms. The van der Waals surface area contributed by atoms with E-state index in [2.05, 4.69) is 33.0 Å². The second-order valence-corrected chi connectivity index (χ2v) is 7.53. The molecule has 0 aromatic carbocycles. The molecule has 0 aliphatic carbocycles. The van der Waals surface area contributed by atoms with Crippen molar-refractivity contribution in [1.82, 2.24) is 33.9 Å². The Balaban J connectivity index is 1.47. The lowest BCUT2D eigenvalue weighted by Crippen LogP contribution is -2.42. The van der Waals surface area contributed by atoms with E-state index in [1.165, 1.54) is 6.33 Å². The average molecular weight is 375 g/mol. The summed E-state index contributed by atoms with van der Waals surface area (Å²) in [5, 5.41) is 4.36. The Morgan fingerprint density at radius 3 is 3.04 bits per heavy atom. The Kier molecular flexibility index (Phi) is 3.85. The molecule has 28 heavy (non-hydrogen) atoms.